The van der Waals surface area contributed by atoms with Crippen molar-refractivity contribution in [2.24, 2.45) is 0 Å². The van der Waals surface area contributed by atoms with Crippen LogP contribution in [0.5, 0.6) is 0 Å². The summed E-state index contributed by atoms with van der Waals surface area (Å²) in [7, 11) is 0. The van der Waals surface area contributed by atoms with E-state index in [1.54, 1.807) is 29.2 Å². The number of H-pyrrole nitrogens is 1. The smallest absolute Gasteiger partial charge is 0.408 e. The molecule has 3 aromatic rings. The number of hydrogen-bond acceptors (Lipinski definition) is 5. The lowest BCUT2D eigenvalue weighted by molar-refractivity contribution is 0.0746. The van der Waals surface area contributed by atoms with E-state index in [1.807, 2.05) is 18.2 Å². The number of oxazole rings is 1. The van der Waals surface area contributed by atoms with Crippen LogP contribution in [0, 0.1) is 11.3 Å². The molecule has 1 aliphatic rings. The highest BCUT2D eigenvalue weighted by Gasteiger charge is 2.23. The molecule has 0 spiro atoms. The zero-order valence-corrected chi connectivity index (χ0v) is 13.9. The van der Waals surface area contributed by atoms with E-state index in [4.69, 9.17) is 9.68 Å². The van der Waals surface area contributed by atoms with Crippen molar-refractivity contribution >= 4 is 22.7 Å². The van der Waals surface area contributed by atoms with Crippen molar-refractivity contribution in [2.45, 2.75) is 0 Å². The Morgan fingerprint density at radius 1 is 1.12 bits per heavy atom. The molecule has 130 valence electrons. The standard InChI is InChI=1S/C19H16N4O3/c20-12-13-2-1-3-14(10-13)18(24)23-8-6-22(7-9-23)15-4-5-16-17(11-15)26-19(25)21-16/h1-5,10-11H,6-9H2,(H,21,25). The second-order valence-corrected chi connectivity index (χ2v) is 6.17. The molecule has 26 heavy (non-hydrogen) atoms. The molecular formula is C19H16N4O3. The second-order valence-electron chi connectivity index (χ2n) is 6.17. The van der Waals surface area contributed by atoms with Crippen molar-refractivity contribution in [3.63, 3.8) is 0 Å². The van der Waals surface area contributed by atoms with E-state index in [1.165, 1.54) is 0 Å². The monoisotopic (exact) mass is 348 g/mol. The van der Waals surface area contributed by atoms with Crippen molar-refractivity contribution in [2.75, 3.05) is 31.1 Å². The third-order valence-electron chi connectivity index (χ3n) is 4.58. The quantitative estimate of drug-likeness (QED) is 0.764. The van der Waals surface area contributed by atoms with E-state index in [-0.39, 0.29) is 5.91 Å². The predicted octanol–water partition coefficient (Wildman–Crippen LogP) is 1.96. The first-order chi connectivity index (χ1) is 12.6. The summed E-state index contributed by atoms with van der Waals surface area (Å²) in [6, 6.07) is 14.4. The molecule has 1 saturated heterocycles. The number of anilines is 1. The Morgan fingerprint density at radius 3 is 2.69 bits per heavy atom. The molecule has 1 aliphatic heterocycles. The van der Waals surface area contributed by atoms with Gasteiger partial charge in [0, 0.05) is 43.5 Å². The molecule has 1 amide bonds. The van der Waals surface area contributed by atoms with Gasteiger partial charge in [0.1, 0.15) is 0 Å². The lowest BCUT2D eigenvalue weighted by Gasteiger charge is -2.36. The van der Waals surface area contributed by atoms with E-state index in [0.29, 0.717) is 48.4 Å². The third kappa shape index (κ3) is 2.93. The highest BCUT2D eigenvalue weighted by molar-refractivity contribution is 5.94. The zero-order valence-electron chi connectivity index (χ0n) is 13.9. The van der Waals surface area contributed by atoms with Gasteiger partial charge in [-0.25, -0.2) is 4.79 Å². The number of nitrogens with zero attached hydrogens (tertiary/aromatic N) is 3. The van der Waals surface area contributed by atoms with Gasteiger partial charge in [0.25, 0.3) is 5.91 Å². The number of carbonyl (C=O) groups is 1. The normalized spacial score (nSPS) is 14.4. The van der Waals surface area contributed by atoms with E-state index < -0.39 is 5.76 Å². The van der Waals surface area contributed by atoms with Crippen LogP contribution in [0.2, 0.25) is 0 Å². The van der Waals surface area contributed by atoms with Crippen molar-refractivity contribution in [3.05, 3.63) is 64.1 Å². The van der Waals surface area contributed by atoms with Crippen LogP contribution in [0.4, 0.5) is 5.69 Å². The molecule has 1 aromatic heterocycles. The summed E-state index contributed by atoms with van der Waals surface area (Å²) in [5.41, 5.74) is 3.17. The molecule has 7 heteroatoms. The number of benzene rings is 2. The van der Waals surface area contributed by atoms with Crippen LogP contribution in [0.1, 0.15) is 15.9 Å². The highest BCUT2D eigenvalue weighted by Crippen LogP contribution is 2.22. The van der Waals surface area contributed by atoms with Gasteiger partial charge in [0.05, 0.1) is 17.1 Å². The van der Waals surface area contributed by atoms with Gasteiger partial charge in [-0.05, 0) is 30.3 Å². The van der Waals surface area contributed by atoms with Crippen LogP contribution >= 0.6 is 0 Å². The Balaban J connectivity index is 1.46. The van der Waals surface area contributed by atoms with Gasteiger partial charge in [-0.1, -0.05) is 6.07 Å². The maximum absolute atomic E-state index is 12.6. The van der Waals surface area contributed by atoms with Crippen LogP contribution in [0.25, 0.3) is 11.1 Å². The first-order valence-corrected chi connectivity index (χ1v) is 8.31. The molecule has 0 bridgehead atoms. The molecule has 0 saturated carbocycles. The van der Waals surface area contributed by atoms with Crippen LogP contribution in [-0.4, -0.2) is 42.0 Å². The molecule has 1 N–H and O–H groups in total. The van der Waals surface area contributed by atoms with E-state index in [0.717, 1.165) is 5.69 Å². The largest absolute Gasteiger partial charge is 0.417 e. The van der Waals surface area contributed by atoms with Gasteiger partial charge >= 0.3 is 5.76 Å². The van der Waals surface area contributed by atoms with Gasteiger partial charge in [-0.15, -0.1) is 0 Å². The topological polar surface area (TPSA) is 93.3 Å². The minimum atomic E-state index is -0.466. The molecule has 0 radical (unpaired) electrons. The molecule has 0 atom stereocenters. The summed E-state index contributed by atoms with van der Waals surface area (Å²) in [6.07, 6.45) is 0. The number of aromatic amines is 1. The van der Waals surface area contributed by atoms with Crippen LogP contribution in [0.3, 0.4) is 0 Å². The Hall–Kier alpha value is -3.53. The summed E-state index contributed by atoms with van der Waals surface area (Å²) >= 11 is 0. The summed E-state index contributed by atoms with van der Waals surface area (Å²) in [4.78, 5) is 30.5. The number of piperazine rings is 1. The van der Waals surface area contributed by atoms with Crippen LogP contribution in [-0.2, 0) is 0 Å². The highest BCUT2D eigenvalue weighted by atomic mass is 16.4. The van der Waals surface area contributed by atoms with Crippen LogP contribution in [0.15, 0.2) is 51.7 Å². The molecule has 7 nitrogen and oxygen atoms in total. The van der Waals surface area contributed by atoms with Crippen molar-refractivity contribution in [1.82, 2.24) is 9.88 Å². The van der Waals surface area contributed by atoms with Gasteiger partial charge < -0.3 is 14.2 Å². The first-order valence-electron chi connectivity index (χ1n) is 8.31. The maximum Gasteiger partial charge on any atom is 0.417 e. The molecular weight excluding hydrogens is 332 g/mol. The fourth-order valence-electron chi connectivity index (χ4n) is 3.20. The number of nitriles is 1. The zero-order chi connectivity index (χ0) is 18.1. The minimum absolute atomic E-state index is 0.0613. The minimum Gasteiger partial charge on any atom is -0.408 e. The maximum atomic E-state index is 12.6. The Kier molecular flexibility index (Phi) is 3.93. The van der Waals surface area contributed by atoms with Crippen LogP contribution < -0.4 is 10.7 Å². The van der Waals surface area contributed by atoms with E-state index >= 15 is 0 Å². The number of rotatable bonds is 2. The molecule has 0 unspecified atom stereocenters. The molecule has 2 aromatic carbocycles. The van der Waals surface area contributed by atoms with Gasteiger partial charge in [0.2, 0.25) is 0 Å². The molecule has 4 rings (SSSR count). The van der Waals surface area contributed by atoms with Gasteiger partial charge in [-0.3, -0.25) is 9.78 Å². The van der Waals surface area contributed by atoms with E-state index in [9.17, 15) is 9.59 Å². The summed E-state index contributed by atoms with van der Waals surface area (Å²) < 4.78 is 5.11. The predicted molar refractivity (Wildman–Crippen MR) is 96.1 cm³/mol. The molecule has 2 heterocycles. The number of hydrogen-bond donors (Lipinski definition) is 1. The number of fused-ring (bicyclic) bond motifs is 1. The van der Waals surface area contributed by atoms with Crippen molar-refractivity contribution < 1.29 is 9.21 Å². The average Bonchev–Trinajstić information content (AvgIpc) is 3.06. The van der Waals surface area contributed by atoms with Gasteiger partial charge in [-0.2, -0.15) is 5.26 Å². The van der Waals surface area contributed by atoms with Gasteiger partial charge in [0.15, 0.2) is 5.58 Å². The molecule has 0 aliphatic carbocycles. The average molecular weight is 348 g/mol. The van der Waals surface area contributed by atoms with E-state index in [2.05, 4.69) is 16.0 Å². The fourth-order valence-corrected chi connectivity index (χ4v) is 3.20. The number of nitrogens with one attached hydrogen (secondary N) is 1. The lowest BCUT2D eigenvalue weighted by atomic mass is 10.1. The fraction of sp³-hybridized carbons (Fsp3) is 0.211. The SMILES string of the molecule is N#Cc1cccc(C(=O)N2CCN(c3ccc4[nH]c(=O)oc4c3)CC2)c1. The number of amides is 1. The Labute approximate surface area is 149 Å². The third-order valence-corrected chi connectivity index (χ3v) is 4.58. The second kappa shape index (κ2) is 6.41. The molecule has 1 fully saturated rings. The van der Waals surface area contributed by atoms with Crippen molar-refractivity contribution in [3.8, 4) is 6.07 Å². The number of carbonyl (C=O) groups excluding carboxylic acids is 1. The van der Waals surface area contributed by atoms with Crippen molar-refractivity contribution in [1.29, 1.82) is 5.26 Å². The summed E-state index contributed by atoms with van der Waals surface area (Å²) in [5.74, 6) is -0.527. The lowest BCUT2D eigenvalue weighted by Crippen LogP contribution is -2.48. The Morgan fingerprint density at radius 2 is 1.92 bits per heavy atom. The first kappa shape index (κ1) is 16.0. The number of aromatic nitrogens is 1. The summed E-state index contributed by atoms with van der Waals surface area (Å²) in [5, 5.41) is 8.98. The Bertz CT molecular complexity index is 1070. The summed E-state index contributed by atoms with van der Waals surface area (Å²) in [6.45, 7) is 2.54.